The highest BCUT2D eigenvalue weighted by atomic mass is 79.9. The standard InChI is InChI=1S/C8H10BrNOS/c1-6(11)10-5-8-7(4-9)2-3-12-8/h2-3H,4-5H2,1H3,(H,10,11). The highest BCUT2D eigenvalue weighted by molar-refractivity contribution is 9.08. The van der Waals surface area contributed by atoms with Gasteiger partial charge in [-0.05, 0) is 17.0 Å². The predicted octanol–water partition coefficient (Wildman–Crippen LogP) is 2.28. The molecule has 0 radical (unpaired) electrons. The smallest absolute Gasteiger partial charge is 0.217 e. The van der Waals surface area contributed by atoms with Crippen molar-refractivity contribution in [3.63, 3.8) is 0 Å². The molecule has 0 bridgehead atoms. The van der Waals surface area contributed by atoms with Gasteiger partial charge in [-0.3, -0.25) is 4.79 Å². The van der Waals surface area contributed by atoms with Crippen LogP contribution < -0.4 is 5.32 Å². The first-order chi connectivity index (χ1) is 5.74. The van der Waals surface area contributed by atoms with Crippen LogP contribution >= 0.6 is 27.3 Å². The van der Waals surface area contributed by atoms with Gasteiger partial charge in [0, 0.05) is 17.1 Å². The molecule has 2 nitrogen and oxygen atoms in total. The van der Waals surface area contributed by atoms with Crippen molar-refractivity contribution in [1.29, 1.82) is 0 Å². The molecule has 1 rings (SSSR count). The van der Waals surface area contributed by atoms with Crippen LogP contribution in [0.15, 0.2) is 11.4 Å². The van der Waals surface area contributed by atoms with Crippen LogP contribution in [-0.4, -0.2) is 5.91 Å². The molecule has 1 aromatic rings. The molecule has 0 unspecified atom stereocenters. The minimum absolute atomic E-state index is 0.0175. The van der Waals surface area contributed by atoms with Crippen molar-refractivity contribution in [3.8, 4) is 0 Å². The number of nitrogens with one attached hydrogen (secondary N) is 1. The largest absolute Gasteiger partial charge is 0.351 e. The molecule has 1 heterocycles. The first-order valence-corrected chi connectivity index (χ1v) is 5.60. The van der Waals surface area contributed by atoms with Crippen LogP contribution in [0.1, 0.15) is 17.4 Å². The summed E-state index contributed by atoms with van der Waals surface area (Å²) >= 11 is 5.06. The molecule has 0 atom stereocenters. The highest BCUT2D eigenvalue weighted by Gasteiger charge is 2.02. The molecule has 0 aliphatic heterocycles. The number of amides is 1. The van der Waals surface area contributed by atoms with Crippen LogP contribution in [0.5, 0.6) is 0 Å². The van der Waals surface area contributed by atoms with Crippen LogP contribution in [0.4, 0.5) is 0 Å². The molecule has 0 saturated heterocycles. The Morgan fingerprint density at radius 2 is 2.50 bits per heavy atom. The van der Waals surface area contributed by atoms with Crippen molar-refractivity contribution in [2.24, 2.45) is 0 Å². The number of hydrogen-bond acceptors (Lipinski definition) is 2. The van der Waals surface area contributed by atoms with Gasteiger partial charge in [0.15, 0.2) is 0 Å². The molecular weight excluding hydrogens is 238 g/mol. The van der Waals surface area contributed by atoms with Crippen LogP contribution in [-0.2, 0) is 16.7 Å². The zero-order valence-corrected chi connectivity index (χ0v) is 9.17. The Morgan fingerprint density at radius 3 is 3.08 bits per heavy atom. The lowest BCUT2D eigenvalue weighted by molar-refractivity contribution is -0.119. The van der Waals surface area contributed by atoms with E-state index in [1.807, 2.05) is 5.38 Å². The van der Waals surface area contributed by atoms with E-state index in [0.29, 0.717) is 6.54 Å². The summed E-state index contributed by atoms with van der Waals surface area (Å²) in [4.78, 5) is 11.8. The third-order valence-corrected chi connectivity index (χ3v) is 3.05. The number of carbonyl (C=O) groups is 1. The van der Waals surface area contributed by atoms with Gasteiger partial charge in [0.1, 0.15) is 0 Å². The van der Waals surface area contributed by atoms with Crippen LogP contribution in [0.2, 0.25) is 0 Å². The van der Waals surface area contributed by atoms with Gasteiger partial charge in [0.25, 0.3) is 0 Å². The number of carbonyl (C=O) groups excluding carboxylic acids is 1. The summed E-state index contributed by atoms with van der Waals surface area (Å²) in [5, 5.41) is 5.66. The van der Waals surface area contributed by atoms with Crippen molar-refractivity contribution in [2.75, 3.05) is 0 Å². The average molecular weight is 248 g/mol. The molecular formula is C8H10BrNOS. The fourth-order valence-electron chi connectivity index (χ4n) is 0.846. The molecule has 0 aromatic carbocycles. The first kappa shape index (κ1) is 9.74. The van der Waals surface area contributed by atoms with Crippen molar-refractivity contribution in [3.05, 3.63) is 21.9 Å². The van der Waals surface area contributed by atoms with Crippen LogP contribution in [0.3, 0.4) is 0 Å². The molecule has 0 aliphatic rings. The third kappa shape index (κ3) is 2.60. The van der Waals surface area contributed by atoms with Crippen molar-refractivity contribution in [2.45, 2.75) is 18.8 Å². The summed E-state index contributed by atoms with van der Waals surface area (Å²) in [5.74, 6) is 0.0175. The molecule has 0 fully saturated rings. The number of rotatable bonds is 3. The second-order valence-electron chi connectivity index (χ2n) is 2.41. The SMILES string of the molecule is CC(=O)NCc1sccc1CBr. The zero-order chi connectivity index (χ0) is 8.97. The lowest BCUT2D eigenvalue weighted by atomic mass is 10.3. The Bertz CT molecular complexity index is 272. The summed E-state index contributed by atoms with van der Waals surface area (Å²) in [5.41, 5.74) is 1.26. The molecule has 66 valence electrons. The molecule has 1 N–H and O–H groups in total. The monoisotopic (exact) mass is 247 g/mol. The highest BCUT2D eigenvalue weighted by Crippen LogP contribution is 2.18. The van der Waals surface area contributed by atoms with E-state index in [-0.39, 0.29) is 5.91 Å². The Hall–Kier alpha value is -0.350. The van der Waals surface area contributed by atoms with E-state index in [0.717, 1.165) is 5.33 Å². The Labute approximate surface area is 84.1 Å². The summed E-state index contributed by atoms with van der Waals surface area (Å²) < 4.78 is 0. The van der Waals surface area contributed by atoms with Crippen LogP contribution in [0.25, 0.3) is 0 Å². The predicted molar refractivity (Wildman–Crippen MR) is 54.5 cm³/mol. The number of halogens is 1. The fraction of sp³-hybridized carbons (Fsp3) is 0.375. The molecule has 12 heavy (non-hydrogen) atoms. The lowest BCUT2D eigenvalue weighted by Gasteiger charge is -2.00. The fourth-order valence-corrected chi connectivity index (χ4v) is 2.40. The summed E-state index contributed by atoms with van der Waals surface area (Å²) in [7, 11) is 0. The van der Waals surface area contributed by atoms with Crippen LogP contribution in [0, 0.1) is 0 Å². The maximum absolute atomic E-state index is 10.6. The lowest BCUT2D eigenvalue weighted by Crippen LogP contribution is -2.18. The van der Waals surface area contributed by atoms with E-state index in [2.05, 4.69) is 27.3 Å². The molecule has 0 aliphatic carbocycles. The summed E-state index contributed by atoms with van der Waals surface area (Å²) in [6.45, 7) is 2.18. The van der Waals surface area contributed by atoms with Gasteiger partial charge >= 0.3 is 0 Å². The topological polar surface area (TPSA) is 29.1 Å². The summed E-state index contributed by atoms with van der Waals surface area (Å²) in [6.07, 6.45) is 0. The first-order valence-electron chi connectivity index (χ1n) is 3.59. The Balaban J connectivity index is 2.56. The van der Waals surface area contributed by atoms with Gasteiger partial charge in [-0.1, -0.05) is 15.9 Å². The van der Waals surface area contributed by atoms with Gasteiger partial charge in [0.2, 0.25) is 5.91 Å². The molecule has 4 heteroatoms. The van der Waals surface area contributed by atoms with Crippen molar-refractivity contribution >= 4 is 33.2 Å². The quantitative estimate of drug-likeness (QED) is 0.817. The van der Waals surface area contributed by atoms with Gasteiger partial charge in [-0.15, -0.1) is 11.3 Å². The second kappa shape index (κ2) is 4.62. The van der Waals surface area contributed by atoms with E-state index in [4.69, 9.17) is 0 Å². The maximum Gasteiger partial charge on any atom is 0.217 e. The van der Waals surface area contributed by atoms with Gasteiger partial charge in [-0.25, -0.2) is 0 Å². The molecule has 0 saturated carbocycles. The Morgan fingerprint density at radius 1 is 1.75 bits per heavy atom. The van der Waals surface area contributed by atoms with E-state index >= 15 is 0 Å². The van der Waals surface area contributed by atoms with Gasteiger partial charge in [0.05, 0.1) is 6.54 Å². The normalized spacial score (nSPS) is 9.83. The Kier molecular flexibility index (Phi) is 3.75. The minimum Gasteiger partial charge on any atom is -0.351 e. The second-order valence-corrected chi connectivity index (χ2v) is 3.97. The molecule has 1 amide bonds. The van der Waals surface area contributed by atoms with Gasteiger partial charge < -0.3 is 5.32 Å². The van der Waals surface area contributed by atoms with E-state index in [1.54, 1.807) is 11.3 Å². The number of thiophene rings is 1. The number of alkyl halides is 1. The molecule has 0 spiro atoms. The average Bonchev–Trinajstić information content (AvgIpc) is 2.47. The maximum atomic E-state index is 10.6. The van der Waals surface area contributed by atoms with E-state index in [9.17, 15) is 4.79 Å². The van der Waals surface area contributed by atoms with E-state index < -0.39 is 0 Å². The van der Waals surface area contributed by atoms with E-state index in [1.165, 1.54) is 17.4 Å². The summed E-state index contributed by atoms with van der Waals surface area (Å²) in [6, 6.07) is 2.07. The van der Waals surface area contributed by atoms with Gasteiger partial charge in [-0.2, -0.15) is 0 Å². The van der Waals surface area contributed by atoms with Crippen molar-refractivity contribution in [1.82, 2.24) is 5.32 Å². The third-order valence-electron chi connectivity index (χ3n) is 1.48. The van der Waals surface area contributed by atoms with Crippen molar-refractivity contribution < 1.29 is 4.79 Å². The number of hydrogen-bond donors (Lipinski definition) is 1. The zero-order valence-electron chi connectivity index (χ0n) is 6.76. The molecule has 1 aromatic heterocycles. The minimum atomic E-state index is 0.0175.